The Hall–Kier alpha value is -2.82. The van der Waals surface area contributed by atoms with Gasteiger partial charge in [0.15, 0.2) is 6.61 Å². The zero-order valence-electron chi connectivity index (χ0n) is 14.1. The van der Waals surface area contributed by atoms with Crippen LogP contribution in [-0.2, 0) is 20.7 Å². The first-order valence-electron chi connectivity index (χ1n) is 7.64. The summed E-state index contributed by atoms with van der Waals surface area (Å²) in [7, 11) is 1.52. The predicted octanol–water partition coefficient (Wildman–Crippen LogP) is 3.04. The Morgan fingerprint density at radius 3 is 2.50 bits per heavy atom. The number of aryl methyl sites for hydroxylation is 2. The number of nitrogens with one attached hydrogen (secondary N) is 1. The monoisotopic (exact) mass is 327 g/mol. The number of amides is 1. The van der Waals surface area contributed by atoms with Crippen molar-refractivity contribution in [3.8, 4) is 5.75 Å². The van der Waals surface area contributed by atoms with E-state index in [4.69, 9.17) is 9.47 Å². The molecule has 0 aliphatic heterocycles. The molecule has 2 aromatic carbocycles. The van der Waals surface area contributed by atoms with Crippen LogP contribution >= 0.6 is 0 Å². The summed E-state index contributed by atoms with van der Waals surface area (Å²) >= 11 is 0. The van der Waals surface area contributed by atoms with Gasteiger partial charge in [-0.25, -0.2) is 0 Å². The summed E-state index contributed by atoms with van der Waals surface area (Å²) in [6, 6.07) is 12.8. The number of anilines is 1. The van der Waals surface area contributed by atoms with Crippen molar-refractivity contribution in [2.75, 3.05) is 19.0 Å². The quantitative estimate of drug-likeness (QED) is 0.828. The molecule has 2 aromatic rings. The van der Waals surface area contributed by atoms with Crippen LogP contribution in [0.2, 0.25) is 0 Å². The topological polar surface area (TPSA) is 64.6 Å². The largest absolute Gasteiger partial charge is 0.495 e. The Morgan fingerprint density at radius 2 is 1.79 bits per heavy atom. The van der Waals surface area contributed by atoms with Crippen LogP contribution in [0, 0.1) is 13.8 Å². The first-order chi connectivity index (χ1) is 11.5. The van der Waals surface area contributed by atoms with E-state index in [2.05, 4.69) is 5.32 Å². The van der Waals surface area contributed by atoms with Gasteiger partial charge in [-0.3, -0.25) is 9.59 Å². The third-order valence-electron chi connectivity index (χ3n) is 3.67. The Kier molecular flexibility index (Phi) is 5.95. The fourth-order valence-corrected chi connectivity index (χ4v) is 2.21. The van der Waals surface area contributed by atoms with Crippen LogP contribution in [0.25, 0.3) is 0 Å². The maximum atomic E-state index is 11.9. The molecule has 1 N–H and O–H groups in total. The van der Waals surface area contributed by atoms with Crippen LogP contribution in [0.1, 0.15) is 16.7 Å². The van der Waals surface area contributed by atoms with Gasteiger partial charge in [-0.05, 0) is 42.7 Å². The van der Waals surface area contributed by atoms with Crippen LogP contribution in [0.3, 0.4) is 0 Å². The van der Waals surface area contributed by atoms with Crippen LogP contribution in [-0.4, -0.2) is 25.6 Å². The molecular weight excluding hydrogens is 306 g/mol. The van der Waals surface area contributed by atoms with E-state index in [0.29, 0.717) is 11.4 Å². The Balaban J connectivity index is 1.84. The van der Waals surface area contributed by atoms with Crippen LogP contribution < -0.4 is 10.1 Å². The summed E-state index contributed by atoms with van der Waals surface area (Å²) < 4.78 is 10.2. The minimum atomic E-state index is -0.437. The highest BCUT2D eigenvalue weighted by atomic mass is 16.5. The number of ether oxygens (including phenoxy) is 2. The second-order valence-corrected chi connectivity index (χ2v) is 5.50. The van der Waals surface area contributed by atoms with Crippen molar-refractivity contribution in [2.24, 2.45) is 0 Å². The number of esters is 1. The second kappa shape index (κ2) is 8.15. The summed E-state index contributed by atoms with van der Waals surface area (Å²) in [5.41, 5.74) is 3.70. The van der Waals surface area contributed by atoms with E-state index in [1.165, 1.54) is 12.7 Å². The minimum Gasteiger partial charge on any atom is -0.495 e. The zero-order valence-corrected chi connectivity index (χ0v) is 14.1. The second-order valence-electron chi connectivity index (χ2n) is 5.50. The first kappa shape index (κ1) is 17.5. The molecule has 0 aliphatic rings. The Morgan fingerprint density at radius 1 is 1.04 bits per heavy atom. The molecule has 0 aromatic heterocycles. The molecule has 0 fully saturated rings. The molecule has 0 spiro atoms. The normalized spacial score (nSPS) is 10.1. The summed E-state index contributed by atoms with van der Waals surface area (Å²) in [5.74, 6) is -0.298. The van der Waals surface area contributed by atoms with Gasteiger partial charge >= 0.3 is 5.97 Å². The van der Waals surface area contributed by atoms with E-state index in [1.54, 1.807) is 24.3 Å². The predicted molar refractivity (Wildman–Crippen MR) is 92.2 cm³/mol. The molecule has 0 bridgehead atoms. The van der Waals surface area contributed by atoms with Gasteiger partial charge in [0.05, 0.1) is 19.2 Å². The van der Waals surface area contributed by atoms with E-state index in [9.17, 15) is 9.59 Å². The number of benzene rings is 2. The molecule has 0 heterocycles. The molecular formula is C19H21NO4. The van der Waals surface area contributed by atoms with Crippen molar-refractivity contribution in [3.05, 3.63) is 59.2 Å². The van der Waals surface area contributed by atoms with E-state index in [1.807, 2.05) is 32.0 Å². The van der Waals surface area contributed by atoms with Crippen LogP contribution in [0.5, 0.6) is 5.75 Å². The van der Waals surface area contributed by atoms with Gasteiger partial charge in [-0.2, -0.15) is 0 Å². The van der Waals surface area contributed by atoms with Crippen molar-refractivity contribution >= 4 is 17.6 Å². The molecule has 2 rings (SSSR count). The number of carbonyl (C=O) groups excluding carboxylic acids is 2. The Labute approximate surface area is 141 Å². The Bertz CT molecular complexity index is 740. The highest BCUT2D eigenvalue weighted by Gasteiger charge is 2.11. The van der Waals surface area contributed by atoms with Gasteiger partial charge in [0.1, 0.15) is 5.75 Å². The molecule has 1 amide bonds. The van der Waals surface area contributed by atoms with E-state index in [0.717, 1.165) is 11.1 Å². The smallest absolute Gasteiger partial charge is 0.310 e. The summed E-state index contributed by atoms with van der Waals surface area (Å²) in [6.07, 6.45) is 0.142. The molecule has 0 aliphatic carbocycles. The van der Waals surface area contributed by atoms with Crippen molar-refractivity contribution in [3.63, 3.8) is 0 Å². The average Bonchev–Trinajstić information content (AvgIpc) is 2.57. The SMILES string of the molecule is COc1ccccc1NC(=O)COC(=O)Cc1ccc(C)c(C)c1. The first-order valence-corrected chi connectivity index (χ1v) is 7.64. The molecule has 0 saturated carbocycles. The number of methoxy groups -OCH3 is 1. The standard InChI is InChI=1S/C19H21NO4/c1-13-8-9-15(10-14(13)2)11-19(22)24-12-18(21)20-16-6-4-5-7-17(16)23-3/h4-10H,11-12H2,1-3H3,(H,20,21). The molecule has 0 saturated heterocycles. The highest BCUT2D eigenvalue weighted by Crippen LogP contribution is 2.22. The maximum Gasteiger partial charge on any atom is 0.310 e. The van der Waals surface area contributed by atoms with Gasteiger partial charge in [0, 0.05) is 0 Å². The third kappa shape index (κ3) is 4.84. The molecule has 0 atom stereocenters. The molecule has 126 valence electrons. The lowest BCUT2D eigenvalue weighted by Gasteiger charge is -2.10. The number of hydrogen-bond acceptors (Lipinski definition) is 4. The number of para-hydroxylation sites is 2. The number of carbonyl (C=O) groups is 2. The van der Waals surface area contributed by atoms with Crippen molar-refractivity contribution < 1.29 is 19.1 Å². The minimum absolute atomic E-state index is 0.142. The summed E-state index contributed by atoms with van der Waals surface area (Å²) in [5, 5.41) is 2.66. The highest BCUT2D eigenvalue weighted by molar-refractivity contribution is 5.94. The number of rotatable bonds is 6. The summed E-state index contributed by atoms with van der Waals surface area (Å²) in [4.78, 5) is 23.8. The molecule has 24 heavy (non-hydrogen) atoms. The summed E-state index contributed by atoms with van der Waals surface area (Å²) in [6.45, 7) is 3.67. The van der Waals surface area contributed by atoms with Crippen LogP contribution in [0.15, 0.2) is 42.5 Å². The lowest BCUT2D eigenvalue weighted by atomic mass is 10.0. The number of hydrogen-bond donors (Lipinski definition) is 1. The lowest BCUT2D eigenvalue weighted by molar-refractivity contribution is -0.146. The van der Waals surface area contributed by atoms with E-state index < -0.39 is 11.9 Å². The lowest BCUT2D eigenvalue weighted by Crippen LogP contribution is -2.21. The zero-order chi connectivity index (χ0) is 17.5. The van der Waals surface area contributed by atoms with Gasteiger partial charge < -0.3 is 14.8 Å². The fraction of sp³-hybridized carbons (Fsp3) is 0.263. The van der Waals surface area contributed by atoms with E-state index in [-0.39, 0.29) is 13.0 Å². The fourth-order valence-electron chi connectivity index (χ4n) is 2.21. The van der Waals surface area contributed by atoms with Crippen molar-refractivity contribution in [2.45, 2.75) is 20.3 Å². The third-order valence-corrected chi connectivity index (χ3v) is 3.67. The van der Waals surface area contributed by atoms with Gasteiger partial charge in [-0.15, -0.1) is 0 Å². The van der Waals surface area contributed by atoms with Gasteiger partial charge in [0.25, 0.3) is 5.91 Å². The maximum absolute atomic E-state index is 11.9. The average molecular weight is 327 g/mol. The van der Waals surface area contributed by atoms with Crippen molar-refractivity contribution in [1.29, 1.82) is 0 Å². The molecule has 0 unspecified atom stereocenters. The molecule has 5 heteroatoms. The molecule has 5 nitrogen and oxygen atoms in total. The van der Waals surface area contributed by atoms with Gasteiger partial charge in [-0.1, -0.05) is 30.3 Å². The van der Waals surface area contributed by atoms with E-state index >= 15 is 0 Å². The molecule has 0 radical (unpaired) electrons. The van der Waals surface area contributed by atoms with Crippen molar-refractivity contribution in [1.82, 2.24) is 0 Å². The van der Waals surface area contributed by atoms with Gasteiger partial charge in [0.2, 0.25) is 0 Å². The van der Waals surface area contributed by atoms with Crippen LogP contribution in [0.4, 0.5) is 5.69 Å².